The van der Waals surface area contributed by atoms with Crippen molar-refractivity contribution in [2.24, 2.45) is 0 Å². The van der Waals surface area contributed by atoms with Crippen LogP contribution in [-0.4, -0.2) is 60.3 Å². The summed E-state index contributed by atoms with van der Waals surface area (Å²) in [6, 6.07) is 12.8. The lowest BCUT2D eigenvalue weighted by Gasteiger charge is -2.26. The largest absolute Gasteiger partial charge is 0.379 e. The summed E-state index contributed by atoms with van der Waals surface area (Å²) in [4.78, 5) is 29.2. The molecule has 0 spiro atoms. The lowest BCUT2D eigenvalue weighted by Crippen LogP contribution is -2.40. The van der Waals surface area contributed by atoms with E-state index in [9.17, 15) is 18.0 Å². The molecular weight excluding hydrogens is 454 g/mol. The van der Waals surface area contributed by atoms with Crippen molar-refractivity contribution >= 4 is 44.3 Å². The average Bonchev–Trinajstić information content (AvgIpc) is 2.81. The van der Waals surface area contributed by atoms with Crippen LogP contribution in [0.3, 0.4) is 0 Å². The second-order valence-corrected chi connectivity index (χ2v) is 9.84. The fourth-order valence-electron chi connectivity index (χ4n) is 3.20. The molecule has 1 aromatic heterocycles. The molecule has 3 N–H and O–H groups in total. The molecule has 4 rings (SSSR count). The van der Waals surface area contributed by atoms with E-state index >= 15 is 0 Å². The van der Waals surface area contributed by atoms with Crippen LogP contribution in [0.15, 0.2) is 63.4 Å². The fourth-order valence-corrected chi connectivity index (χ4v) is 5.33. The number of benzene rings is 2. The molecule has 0 bridgehead atoms. The van der Waals surface area contributed by atoms with Crippen molar-refractivity contribution in [1.29, 1.82) is 0 Å². The SMILES string of the molecule is Nn1c(SCC(=O)Nc2ccc(S(=O)(=O)N3CCOCC3)cc2)nc2ccccc2c1=O. The van der Waals surface area contributed by atoms with Crippen molar-refractivity contribution in [2.75, 3.05) is 43.2 Å². The maximum absolute atomic E-state index is 12.7. The van der Waals surface area contributed by atoms with Gasteiger partial charge in [0.15, 0.2) is 5.16 Å². The molecule has 2 heterocycles. The molecule has 0 unspecified atom stereocenters. The van der Waals surface area contributed by atoms with Gasteiger partial charge in [0.25, 0.3) is 5.56 Å². The van der Waals surface area contributed by atoms with Gasteiger partial charge in [-0.25, -0.2) is 18.1 Å². The number of thioether (sulfide) groups is 1. The zero-order chi connectivity index (χ0) is 22.7. The van der Waals surface area contributed by atoms with E-state index in [1.807, 2.05) is 0 Å². The third kappa shape index (κ3) is 4.63. The van der Waals surface area contributed by atoms with Gasteiger partial charge in [-0.2, -0.15) is 4.31 Å². The van der Waals surface area contributed by atoms with Gasteiger partial charge in [-0.3, -0.25) is 9.59 Å². The van der Waals surface area contributed by atoms with E-state index in [-0.39, 0.29) is 21.7 Å². The number of hydrogen-bond acceptors (Lipinski definition) is 8. The number of amides is 1. The molecule has 0 saturated carbocycles. The minimum atomic E-state index is -3.60. The van der Waals surface area contributed by atoms with Crippen molar-refractivity contribution in [3.8, 4) is 0 Å². The molecule has 3 aromatic rings. The zero-order valence-corrected chi connectivity index (χ0v) is 18.6. The number of nitrogen functional groups attached to an aromatic ring is 1. The lowest BCUT2D eigenvalue weighted by molar-refractivity contribution is -0.113. The number of nitrogens with zero attached hydrogens (tertiary/aromatic N) is 3. The van der Waals surface area contributed by atoms with Crippen LogP contribution < -0.4 is 16.7 Å². The number of carbonyl (C=O) groups excluding carboxylic acids is 1. The highest BCUT2D eigenvalue weighted by atomic mass is 32.2. The van der Waals surface area contributed by atoms with Crippen LogP contribution in [0, 0.1) is 0 Å². The van der Waals surface area contributed by atoms with Gasteiger partial charge in [0.2, 0.25) is 15.9 Å². The first kappa shape index (κ1) is 22.3. The molecule has 1 aliphatic rings. The monoisotopic (exact) mass is 475 g/mol. The Balaban J connectivity index is 1.40. The first-order valence-corrected chi connectivity index (χ1v) is 12.2. The van der Waals surface area contributed by atoms with Gasteiger partial charge in [-0.1, -0.05) is 23.9 Å². The first-order valence-electron chi connectivity index (χ1n) is 9.74. The van der Waals surface area contributed by atoms with Crippen molar-refractivity contribution in [3.63, 3.8) is 0 Å². The molecule has 1 amide bonds. The van der Waals surface area contributed by atoms with Crippen LogP contribution in [0.5, 0.6) is 0 Å². The van der Waals surface area contributed by atoms with Crippen LogP contribution in [0.4, 0.5) is 5.69 Å². The van der Waals surface area contributed by atoms with Gasteiger partial charge in [0.05, 0.1) is 34.8 Å². The summed E-state index contributed by atoms with van der Waals surface area (Å²) in [5.74, 6) is 5.45. The van der Waals surface area contributed by atoms with Gasteiger partial charge >= 0.3 is 0 Å². The molecule has 1 saturated heterocycles. The Morgan fingerprint density at radius 3 is 2.53 bits per heavy atom. The third-order valence-electron chi connectivity index (χ3n) is 4.85. The highest BCUT2D eigenvalue weighted by Crippen LogP contribution is 2.20. The van der Waals surface area contributed by atoms with Gasteiger partial charge in [-0.15, -0.1) is 0 Å². The number of para-hydroxylation sites is 1. The predicted octanol–water partition coefficient (Wildman–Crippen LogP) is 0.862. The first-order chi connectivity index (χ1) is 15.4. The van der Waals surface area contributed by atoms with E-state index in [1.165, 1.54) is 28.6 Å². The van der Waals surface area contributed by atoms with Crippen LogP contribution >= 0.6 is 11.8 Å². The number of morpholine rings is 1. The van der Waals surface area contributed by atoms with Crippen LogP contribution in [0.1, 0.15) is 0 Å². The number of carbonyl (C=O) groups is 1. The van der Waals surface area contributed by atoms with Gasteiger partial charge < -0.3 is 15.9 Å². The molecule has 0 atom stereocenters. The van der Waals surface area contributed by atoms with Gasteiger partial charge in [-0.05, 0) is 36.4 Å². The second-order valence-electron chi connectivity index (χ2n) is 6.96. The Labute approximate surface area is 188 Å². The molecule has 1 aliphatic heterocycles. The number of nitrogens with one attached hydrogen (secondary N) is 1. The summed E-state index contributed by atoms with van der Waals surface area (Å²) in [5, 5.41) is 3.31. The second kappa shape index (κ2) is 9.28. The Hall–Kier alpha value is -2.93. The smallest absolute Gasteiger partial charge is 0.280 e. The summed E-state index contributed by atoms with van der Waals surface area (Å²) in [7, 11) is -3.60. The highest BCUT2D eigenvalue weighted by molar-refractivity contribution is 7.99. The third-order valence-corrected chi connectivity index (χ3v) is 7.72. The number of aromatic nitrogens is 2. The van der Waals surface area contributed by atoms with E-state index in [4.69, 9.17) is 10.6 Å². The topological polar surface area (TPSA) is 137 Å². The molecule has 1 fully saturated rings. The molecule has 2 aromatic carbocycles. The van der Waals surface area contributed by atoms with Gasteiger partial charge in [0, 0.05) is 18.8 Å². The van der Waals surface area contributed by atoms with Crippen molar-refractivity contribution < 1.29 is 17.9 Å². The fraction of sp³-hybridized carbons (Fsp3) is 0.250. The predicted molar refractivity (Wildman–Crippen MR) is 122 cm³/mol. The molecule has 168 valence electrons. The van der Waals surface area contributed by atoms with Crippen LogP contribution in [0.2, 0.25) is 0 Å². The Bertz CT molecular complexity index is 1300. The Morgan fingerprint density at radius 2 is 1.81 bits per heavy atom. The zero-order valence-electron chi connectivity index (χ0n) is 16.9. The number of hydrogen-bond donors (Lipinski definition) is 2. The number of ether oxygens (including phenoxy) is 1. The molecule has 10 nitrogen and oxygen atoms in total. The summed E-state index contributed by atoms with van der Waals surface area (Å²) in [5.41, 5.74) is 0.558. The van der Waals surface area contributed by atoms with Crippen LogP contribution in [0.25, 0.3) is 10.9 Å². The number of rotatable bonds is 6. The molecule has 32 heavy (non-hydrogen) atoms. The highest BCUT2D eigenvalue weighted by Gasteiger charge is 2.26. The Kier molecular flexibility index (Phi) is 6.46. The van der Waals surface area contributed by atoms with E-state index in [2.05, 4.69) is 10.3 Å². The van der Waals surface area contributed by atoms with E-state index in [0.29, 0.717) is 42.9 Å². The quantitative estimate of drug-likeness (QED) is 0.304. The van der Waals surface area contributed by atoms with Crippen molar-refractivity contribution in [2.45, 2.75) is 10.1 Å². The molecule has 0 radical (unpaired) electrons. The maximum Gasteiger partial charge on any atom is 0.280 e. The summed E-state index contributed by atoms with van der Waals surface area (Å²) < 4.78 is 32.8. The number of nitrogens with two attached hydrogens (primary N) is 1. The summed E-state index contributed by atoms with van der Waals surface area (Å²) >= 11 is 1.03. The maximum atomic E-state index is 12.7. The Morgan fingerprint density at radius 1 is 1.12 bits per heavy atom. The minimum Gasteiger partial charge on any atom is -0.379 e. The number of sulfonamides is 1. The summed E-state index contributed by atoms with van der Waals surface area (Å²) in [6.07, 6.45) is 0. The van der Waals surface area contributed by atoms with Gasteiger partial charge in [0.1, 0.15) is 0 Å². The van der Waals surface area contributed by atoms with Crippen molar-refractivity contribution in [1.82, 2.24) is 14.0 Å². The van der Waals surface area contributed by atoms with E-state index < -0.39 is 15.6 Å². The minimum absolute atomic E-state index is 0.0319. The van der Waals surface area contributed by atoms with Crippen LogP contribution in [-0.2, 0) is 19.6 Å². The molecule has 0 aliphatic carbocycles. The average molecular weight is 476 g/mol. The standard InChI is InChI=1S/C20H21N5O5S2/c21-25-19(27)16-3-1-2-4-17(16)23-20(25)31-13-18(26)22-14-5-7-15(8-6-14)32(28,29)24-9-11-30-12-10-24/h1-8H,9-13,21H2,(H,22,26). The van der Waals surface area contributed by atoms with E-state index in [1.54, 1.807) is 24.3 Å². The lowest BCUT2D eigenvalue weighted by atomic mass is 10.2. The summed E-state index contributed by atoms with van der Waals surface area (Å²) in [6.45, 7) is 1.36. The van der Waals surface area contributed by atoms with E-state index in [0.717, 1.165) is 16.4 Å². The molecular formula is C20H21N5O5S2. The molecule has 12 heteroatoms. The normalized spacial score (nSPS) is 15.0. The number of fused-ring (bicyclic) bond motifs is 1. The number of anilines is 1. The van der Waals surface area contributed by atoms with Crippen molar-refractivity contribution in [3.05, 3.63) is 58.9 Å².